The van der Waals surface area contributed by atoms with Gasteiger partial charge in [0.15, 0.2) is 0 Å². The molecular weight excluding hydrogens is 240 g/mol. The smallest absolute Gasteiger partial charge is 0.251 e. The van der Waals surface area contributed by atoms with Gasteiger partial charge in [-0.2, -0.15) is 0 Å². The summed E-state index contributed by atoms with van der Waals surface area (Å²) in [4.78, 5) is 12.3. The average molecular weight is 262 g/mol. The van der Waals surface area contributed by atoms with E-state index < -0.39 is 11.1 Å². The van der Waals surface area contributed by atoms with Gasteiger partial charge in [0.1, 0.15) is 0 Å². The summed E-state index contributed by atoms with van der Waals surface area (Å²) in [6.45, 7) is 7.95. The molecule has 104 valence electrons. The number of hydrogen-bond donors (Lipinski definition) is 3. The SMILES string of the molecule is CC(C)(O)C(C)(C)NC(=O)c1ccc2c(c1)CCN2. The molecule has 1 aromatic rings. The maximum Gasteiger partial charge on any atom is 0.251 e. The molecule has 1 heterocycles. The van der Waals surface area contributed by atoms with Gasteiger partial charge in [0.05, 0.1) is 11.1 Å². The lowest BCUT2D eigenvalue weighted by Gasteiger charge is -2.38. The van der Waals surface area contributed by atoms with Gasteiger partial charge < -0.3 is 15.7 Å². The van der Waals surface area contributed by atoms with Crippen LogP contribution in [-0.4, -0.2) is 28.7 Å². The van der Waals surface area contributed by atoms with Crippen molar-refractivity contribution in [2.45, 2.75) is 45.3 Å². The second-order valence-corrected chi connectivity index (χ2v) is 6.19. The van der Waals surface area contributed by atoms with E-state index in [-0.39, 0.29) is 5.91 Å². The predicted molar refractivity (Wildman–Crippen MR) is 76.5 cm³/mol. The third-order valence-electron chi connectivity index (χ3n) is 4.03. The van der Waals surface area contributed by atoms with Crippen molar-refractivity contribution in [3.63, 3.8) is 0 Å². The van der Waals surface area contributed by atoms with Crippen molar-refractivity contribution in [1.82, 2.24) is 5.32 Å². The van der Waals surface area contributed by atoms with Crippen molar-refractivity contribution in [3.8, 4) is 0 Å². The average Bonchev–Trinajstić information content (AvgIpc) is 2.73. The third kappa shape index (κ3) is 2.73. The summed E-state index contributed by atoms with van der Waals surface area (Å²) in [5.74, 6) is -0.151. The van der Waals surface area contributed by atoms with Gasteiger partial charge >= 0.3 is 0 Å². The summed E-state index contributed by atoms with van der Waals surface area (Å²) in [5.41, 5.74) is 1.24. The van der Waals surface area contributed by atoms with Crippen LogP contribution in [0.2, 0.25) is 0 Å². The zero-order chi connectivity index (χ0) is 14.3. The standard InChI is InChI=1S/C15H22N2O2/c1-14(2,15(3,4)19)17-13(18)11-5-6-12-10(9-11)7-8-16-12/h5-6,9,16,19H,7-8H2,1-4H3,(H,17,18). The predicted octanol–water partition coefficient (Wildman–Crippen LogP) is 1.93. The van der Waals surface area contributed by atoms with Crippen LogP contribution < -0.4 is 10.6 Å². The van der Waals surface area contributed by atoms with E-state index in [1.54, 1.807) is 13.8 Å². The Morgan fingerprint density at radius 1 is 1.32 bits per heavy atom. The second-order valence-electron chi connectivity index (χ2n) is 6.19. The van der Waals surface area contributed by atoms with E-state index in [1.807, 2.05) is 32.0 Å². The van der Waals surface area contributed by atoms with Crippen molar-refractivity contribution in [2.24, 2.45) is 0 Å². The van der Waals surface area contributed by atoms with Crippen LogP contribution in [0.1, 0.15) is 43.6 Å². The maximum atomic E-state index is 12.3. The highest BCUT2D eigenvalue weighted by molar-refractivity contribution is 5.95. The molecule has 0 aliphatic carbocycles. The van der Waals surface area contributed by atoms with Gasteiger partial charge in [0.2, 0.25) is 0 Å². The molecule has 1 amide bonds. The fourth-order valence-electron chi connectivity index (χ4n) is 1.96. The Labute approximate surface area is 114 Å². The van der Waals surface area contributed by atoms with Crippen LogP contribution in [0.25, 0.3) is 0 Å². The molecule has 1 aliphatic rings. The molecule has 0 saturated heterocycles. The molecule has 0 atom stereocenters. The van der Waals surface area contributed by atoms with Gasteiger partial charge in [-0.15, -0.1) is 0 Å². The van der Waals surface area contributed by atoms with Gasteiger partial charge in [0.25, 0.3) is 5.91 Å². The van der Waals surface area contributed by atoms with Gasteiger partial charge in [-0.05, 0) is 57.9 Å². The topological polar surface area (TPSA) is 61.4 Å². The van der Waals surface area contributed by atoms with Crippen molar-refractivity contribution >= 4 is 11.6 Å². The lowest BCUT2D eigenvalue weighted by atomic mass is 9.85. The molecule has 1 aliphatic heterocycles. The van der Waals surface area contributed by atoms with Crippen molar-refractivity contribution in [2.75, 3.05) is 11.9 Å². The van der Waals surface area contributed by atoms with Crippen LogP contribution in [0.5, 0.6) is 0 Å². The summed E-state index contributed by atoms with van der Waals surface area (Å²) in [6.07, 6.45) is 0.950. The van der Waals surface area contributed by atoms with Crippen molar-refractivity contribution < 1.29 is 9.90 Å². The Morgan fingerprint density at radius 3 is 2.63 bits per heavy atom. The van der Waals surface area contributed by atoms with Crippen LogP contribution in [0.4, 0.5) is 5.69 Å². The minimum absolute atomic E-state index is 0.151. The van der Waals surface area contributed by atoms with E-state index in [9.17, 15) is 9.90 Å². The number of fused-ring (bicyclic) bond motifs is 1. The van der Waals surface area contributed by atoms with Gasteiger partial charge in [-0.25, -0.2) is 0 Å². The number of hydrogen-bond acceptors (Lipinski definition) is 3. The van der Waals surface area contributed by atoms with Crippen molar-refractivity contribution in [3.05, 3.63) is 29.3 Å². The highest BCUT2D eigenvalue weighted by atomic mass is 16.3. The van der Waals surface area contributed by atoms with Crippen LogP contribution >= 0.6 is 0 Å². The molecule has 0 radical (unpaired) electrons. The fraction of sp³-hybridized carbons (Fsp3) is 0.533. The lowest BCUT2D eigenvalue weighted by molar-refractivity contribution is -0.00292. The van der Waals surface area contributed by atoms with Gasteiger partial charge in [-0.1, -0.05) is 0 Å². The number of nitrogens with one attached hydrogen (secondary N) is 2. The number of amides is 1. The summed E-state index contributed by atoms with van der Waals surface area (Å²) < 4.78 is 0. The van der Waals surface area contributed by atoms with Crippen LogP contribution in [-0.2, 0) is 6.42 Å². The van der Waals surface area contributed by atoms with E-state index >= 15 is 0 Å². The molecular formula is C15H22N2O2. The summed E-state index contributed by atoms with van der Waals surface area (Å²) in [7, 11) is 0. The summed E-state index contributed by atoms with van der Waals surface area (Å²) in [6, 6.07) is 5.67. The van der Waals surface area contributed by atoms with Gasteiger partial charge in [0, 0.05) is 17.8 Å². The highest BCUT2D eigenvalue weighted by Gasteiger charge is 2.36. The van der Waals surface area contributed by atoms with Crippen molar-refractivity contribution in [1.29, 1.82) is 0 Å². The van der Waals surface area contributed by atoms with Crippen LogP contribution in [0.3, 0.4) is 0 Å². The van der Waals surface area contributed by atoms with E-state index in [0.717, 1.165) is 18.7 Å². The van der Waals surface area contributed by atoms with Gasteiger partial charge in [-0.3, -0.25) is 4.79 Å². The first-order chi connectivity index (χ1) is 8.71. The molecule has 2 rings (SSSR count). The quantitative estimate of drug-likeness (QED) is 0.780. The summed E-state index contributed by atoms with van der Waals surface area (Å²) >= 11 is 0. The molecule has 0 aromatic heterocycles. The molecule has 19 heavy (non-hydrogen) atoms. The molecule has 4 heteroatoms. The number of aliphatic hydroxyl groups is 1. The Kier molecular flexibility index (Phi) is 3.31. The second kappa shape index (κ2) is 4.53. The maximum absolute atomic E-state index is 12.3. The van der Waals surface area contributed by atoms with E-state index in [4.69, 9.17) is 0 Å². The molecule has 4 nitrogen and oxygen atoms in total. The van der Waals surface area contributed by atoms with E-state index in [2.05, 4.69) is 10.6 Å². The first kappa shape index (κ1) is 13.9. The van der Waals surface area contributed by atoms with Crippen LogP contribution in [0, 0.1) is 0 Å². The normalized spacial score (nSPS) is 14.8. The molecule has 0 unspecified atom stereocenters. The van der Waals surface area contributed by atoms with E-state index in [1.165, 1.54) is 5.56 Å². The van der Waals surface area contributed by atoms with E-state index in [0.29, 0.717) is 5.56 Å². The first-order valence-electron chi connectivity index (χ1n) is 6.62. The Morgan fingerprint density at radius 2 is 2.00 bits per heavy atom. The molecule has 0 spiro atoms. The largest absolute Gasteiger partial charge is 0.388 e. The minimum Gasteiger partial charge on any atom is -0.388 e. The Balaban J connectivity index is 2.17. The first-order valence-corrected chi connectivity index (χ1v) is 6.62. The number of rotatable bonds is 3. The lowest BCUT2D eigenvalue weighted by Crippen LogP contribution is -2.57. The number of anilines is 1. The number of benzene rings is 1. The molecule has 0 saturated carbocycles. The molecule has 1 aromatic carbocycles. The monoisotopic (exact) mass is 262 g/mol. The Hall–Kier alpha value is -1.55. The number of carbonyl (C=O) groups is 1. The fourth-order valence-corrected chi connectivity index (χ4v) is 1.96. The summed E-state index contributed by atoms with van der Waals surface area (Å²) in [5, 5.41) is 16.2. The number of carbonyl (C=O) groups excluding carboxylic acids is 1. The molecule has 0 fully saturated rings. The molecule has 0 bridgehead atoms. The van der Waals surface area contributed by atoms with Crippen LogP contribution in [0.15, 0.2) is 18.2 Å². The Bertz CT molecular complexity index is 501. The zero-order valence-corrected chi connectivity index (χ0v) is 12.0. The highest BCUT2D eigenvalue weighted by Crippen LogP contribution is 2.24. The molecule has 3 N–H and O–H groups in total. The minimum atomic E-state index is -0.985. The third-order valence-corrected chi connectivity index (χ3v) is 4.03. The zero-order valence-electron chi connectivity index (χ0n) is 12.0.